The number of hydrogen-bond donors (Lipinski definition) is 1. The highest BCUT2D eigenvalue weighted by atomic mass is 15.1. The van der Waals surface area contributed by atoms with Gasteiger partial charge in [0.2, 0.25) is 0 Å². The second-order valence-corrected chi connectivity index (χ2v) is 4.99. The summed E-state index contributed by atoms with van der Waals surface area (Å²) in [5.41, 5.74) is 1.15. The molecule has 1 atom stereocenters. The first-order chi connectivity index (χ1) is 8.34. The van der Waals surface area contributed by atoms with Gasteiger partial charge in [0.25, 0.3) is 0 Å². The molecule has 2 rings (SSSR count). The fraction of sp³-hybridized carbons (Fsp3) is 0.692. The maximum Gasteiger partial charge on any atom is 0.115 e. The molecular weight excluding hydrogens is 212 g/mol. The lowest BCUT2D eigenvalue weighted by Crippen LogP contribution is -2.31. The van der Waals surface area contributed by atoms with Gasteiger partial charge in [-0.15, -0.1) is 0 Å². The second-order valence-electron chi connectivity index (χ2n) is 4.99. The number of rotatable bonds is 6. The monoisotopic (exact) mass is 234 g/mol. The molecule has 94 valence electrons. The molecule has 0 aliphatic carbocycles. The van der Waals surface area contributed by atoms with E-state index in [1.54, 1.807) is 6.33 Å². The number of nitrogens with zero attached hydrogens (tertiary/aromatic N) is 3. The Labute approximate surface area is 103 Å². The van der Waals surface area contributed by atoms with Crippen molar-refractivity contribution in [2.75, 3.05) is 26.2 Å². The summed E-state index contributed by atoms with van der Waals surface area (Å²) in [6.07, 6.45) is 8.05. The lowest BCUT2D eigenvalue weighted by atomic mass is 10.1. The SMILES string of the molecule is CC(CNCc1cncnc1)CN1CCCC1. The van der Waals surface area contributed by atoms with Gasteiger partial charge in [-0.25, -0.2) is 9.97 Å². The Kier molecular flexibility index (Phi) is 4.88. The molecule has 0 saturated carbocycles. The fourth-order valence-corrected chi connectivity index (χ4v) is 2.35. The van der Waals surface area contributed by atoms with Crippen LogP contribution in [0.3, 0.4) is 0 Å². The average Bonchev–Trinajstić information content (AvgIpc) is 2.83. The van der Waals surface area contributed by atoms with Gasteiger partial charge in [0.15, 0.2) is 0 Å². The van der Waals surface area contributed by atoms with Crippen molar-refractivity contribution in [3.63, 3.8) is 0 Å². The quantitative estimate of drug-likeness (QED) is 0.805. The Morgan fingerprint density at radius 2 is 2.00 bits per heavy atom. The van der Waals surface area contributed by atoms with Crippen molar-refractivity contribution >= 4 is 0 Å². The molecule has 1 fully saturated rings. The summed E-state index contributed by atoms with van der Waals surface area (Å²) in [5, 5.41) is 3.47. The molecule has 0 amide bonds. The Hall–Kier alpha value is -1.00. The van der Waals surface area contributed by atoms with Crippen LogP contribution in [0.5, 0.6) is 0 Å². The Balaban J connectivity index is 1.61. The first-order valence-electron chi connectivity index (χ1n) is 6.51. The lowest BCUT2D eigenvalue weighted by molar-refractivity contribution is 0.282. The van der Waals surface area contributed by atoms with Gasteiger partial charge >= 0.3 is 0 Å². The molecule has 2 heterocycles. The largest absolute Gasteiger partial charge is 0.312 e. The van der Waals surface area contributed by atoms with Crippen LogP contribution in [-0.4, -0.2) is 41.0 Å². The predicted octanol–water partition coefficient (Wildman–Crippen LogP) is 1.30. The molecule has 1 N–H and O–H groups in total. The van der Waals surface area contributed by atoms with Gasteiger partial charge in [-0.05, 0) is 38.4 Å². The van der Waals surface area contributed by atoms with Gasteiger partial charge in [0, 0.05) is 31.0 Å². The van der Waals surface area contributed by atoms with Gasteiger partial charge in [-0.3, -0.25) is 0 Å². The smallest absolute Gasteiger partial charge is 0.115 e. The zero-order chi connectivity index (χ0) is 11.9. The van der Waals surface area contributed by atoms with Crippen molar-refractivity contribution < 1.29 is 0 Å². The standard InChI is InChI=1S/C13H22N4/c1-12(10-17-4-2-3-5-17)6-14-7-13-8-15-11-16-9-13/h8-9,11-12,14H,2-7,10H2,1H3. The third-order valence-electron chi connectivity index (χ3n) is 3.20. The van der Waals surface area contributed by atoms with Crippen LogP contribution >= 0.6 is 0 Å². The van der Waals surface area contributed by atoms with Gasteiger partial charge < -0.3 is 10.2 Å². The average molecular weight is 234 g/mol. The van der Waals surface area contributed by atoms with Crippen LogP contribution in [0.2, 0.25) is 0 Å². The number of likely N-dealkylation sites (tertiary alicyclic amines) is 1. The molecule has 1 aliphatic heterocycles. The van der Waals surface area contributed by atoms with Crippen LogP contribution in [0, 0.1) is 5.92 Å². The molecule has 1 aliphatic rings. The van der Waals surface area contributed by atoms with E-state index in [4.69, 9.17) is 0 Å². The minimum absolute atomic E-state index is 0.706. The summed E-state index contributed by atoms with van der Waals surface area (Å²) in [6.45, 7) is 8.04. The molecule has 1 unspecified atom stereocenters. The van der Waals surface area contributed by atoms with E-state index < -0.39 is 0 Å². The molecule has 0 aromatic carbocycles. The van der Waals surface area contributed by atoms with Crippen LogP contribution in [0.1, 0.15) is 25.3 Å². The molecule has 0 radical (unpaired) electrons. The van der Waals surface area contributed by atoms with E-state index in [2.05, 4.69) is 27.1 Å². The van der Waals surface area contributed by atoms with E-state index in [0.717, 1.165) is 18.7 Å². The zero-order valence-corrected chi connectivity index (χ0v) is 10.6. The summed E-state index contributed by atoms with van der Waals surface area (Å²) in [7, 11) is 0. The van der Waals surface area contributed by atoms with E-state index in [1.165, 1.54) is 32.5 Å². The minimum Gasteiger partial charge on any atom is -0.312 e. The number of nitrogens with one attached hydrogen (secondary N) is 1. The second kappa shape index (κ2) is 6.67. The predicted molar refractivity (Wildman–Crippen MR) is 68.6 cm³/mol. The van der Waals surface area contributed by atoms with E-state index in [0.29, 0.717) is 5.92 Å². The van der Waals surface area contributed by atoms with Crippen LogP contribution in [-0.2, 0) is 6.54 Å². The maximum atomic E-state index is 4.01. The van der Waals surface area contributed by atoms with Crippen LogP contribution in [0.15, 0.2) is 18.7 Å². The highest BCUT2D eigenvalue weighted by Crippen LogP contribution is 2.09. The van der Waals surface area contributed by atoms with Crippen molar-refractivity contribution in [3.8, 4) is 0 Å². The third-order valence-corrected chi connectivity index (χ3v) is 3.20. The van der Waals surface area contributed by atoms with Gasteiger partial charge in [0.05, 0.1) is 0 Å². The molecule has 4 heteroatoms. The van der Waals surface area contributed by atoms with Crippen LogP contribution < -0.4 is 5.32 Å². The first-order valence-corrected chi connectivity index (χ1v) is 6.51. The molecule has 0 bridgehead atoms. The Morgan fingerprint density at radius 1 is 1.29 bits per heavy atom. The lowest BCUT2D eigenvalue weighted by Gasteiger charge is -2.20. The highest BCUT2D eigenvalue weighted by Gasteiger charge is 2.14. The topological polar surface area (TPSA) is 41.1 Å². The van der Waals surface area contributed by atoms with Gasteiger partial charge in [0.1, 0.15) is 6.33 Å². The van der Waals surface area contributed by atoms with Crippen molar-refractivity contribution in [1.82, 2.24) is 20.2 Å². The molecule has 1 aromatic rings. The highest BCUT2D eigenvalue weighted by molar-refractivity contribution is 5.01. The minimum atomic E-state index is 0.706. The molecule has 1 saturated heterocycles. The van der Waals surface area contributed by atoms with E-state index >= 15 is 0 Å². The third kappa shape index (κ3) is 4.40. The molecule has 1 aromatic heterocycles. The number of hydrogen-bond acceptors (Lipinski definition) is 4. The van der Waals surface area contributed by atoms with E-state index in [1.807, 2.05) is 12.4 Å². The fourth-order valence-electron chi connectivity index (χ4n) is 2.35. The van der Waals surface area contributed by atoms with Gasteiger partial charge in [-0.1, -0.05) is 6.92 Å². The summed E-state index contributed by atoms with van der Waals surface area (Å²) in [5.74, 6) is 0.706. The van der Waals surface area contributed by atoms with E-state index in [9.17, 15) is 0 Å². The normalized spacial score (nSPS) is 18.4. The molecule has 17 heavy (non-hydrogen) atoms. The Morgan fingerprint density at radius 3 is 2.71 bits per heavy atom. The maximum absolute atomic E-state index is 4.01. The Bertz CT molecular complexity index is 308. The van der Waals surface area contributed by atoms with Gasteiger partial charge in [-0.2, -0.15) is 0 Å². The van der Waals surface area contributed by atoms with Crippen molar-refractivity contribution in [2.24, 2.45) is 5.92 Å². The van der Waals surface area contributed by atoms with Crippen LogP contribution in [0.25, 0.3) is 0 Å². The first kappa shape index (κ1) is 12.5. The van der Waals surface area contributed by atoms with Crippen molar-refractivity contribution in [2.45, 2.75) is 26.3 Å². The van der Waals surface area contributed by atoms with E-state index in [-0.39, 0.29) is 0 Å². The molecule has 0 spiro atoms. The molecule has 4 nitrogen and oxygen atoms in total. The zero-order valence-electron chi connectivity index (χ0n) is 10.6. The summed E-state index contributed by atoms with van der Waals surface area (Å²) in [4.78, 5) is 10.6. The van der Waals surface area contributed by atoms with Crippen molar-refractivity contribution in [3.05, 3.63) is 24.3 Å². The van der Waals surface area contributed by atoms with Crippen molar-refractivity contribution in [1.29, 1.82) is 0 Å². The summed E-state index contributed by atoms with van der Waals surface area (Å²) in [6, 6.07) is 0. The number of aromatic nitrogens is 2. The summed E-state index contributed by atoms with van der Waals surface area (Å²) < 4.78 is 0. The summed E-state index contributed by atoms with van der Waals surface area (Å²) >= 11 is 0. The molecular formula is C13H22N4. The van der Waals surface area contributed by atoms with Crippen LogP contribution in [0.4, 0.5) is 0 Å².